The number of nitrogens with zero attached hydrogens (tertiary/aromatic N) is 1. The summed E-state index contributed by atoms with van der Waals surface area (Å²) in [4.78, 5) is 27.9. The van der Waals surface area contributed by atoms with Crippen LogP contribution in [0.5, 0.6) is 11.5 Å². The quantitative estimate of drug-likeness (QED) is 0.436. The van der Waals surface area contributed by atoms with E-state index in [1.807, 2.05) is 0 Å². The number of hydrogen-bond donors (Lipinski definition) is 2. The molecule has 0 radical (unpaired) electrons. The zero-order chi connectivity index (χ0) is 23.1. The van der Waals surface area contributed by atoms with E-state index in [1.165, 1.54) is 48.7 Å². The van der Waals surface area contributed by atoms with E-state index in [1.54, 1.807) is 24.4 Å². The molecule has 1 heterocycles. The predicted molar refractivity (Wildman–Crippen MR) is 115 cm³/mol. The van der Waals surface area contributed by atoms with Crippen LogP contribution in [0.2, 0.25) is 0 Å². The fourth-order valence-corrected chi connectivity index (χ4v) is 3.13. The lowest BCUT2D eigenvalue weighted by atomic mass is 10.2. The number of carbonyl (C=O) groups excluding carboxylic acids is 2. The van der Waals surface area contributed by atoms with Gasteiger partial charge in [0.05, 0.1) is 11.1 Å². The van der Waals surface area contributed by atoms with Crippen LogP contribution in [0.4, 0.5) is 4.39 Å². The number of hydrazine groups is 1. The SMILES string of the molecule is CS(=O)(=O)c1ccc(C(=O)NNC(=O)/C=C/c2ccc(Oc3cccnc3)c(F)c2)cc1. The fourth-order valence-electron chi connectivity index (χ4n) is 2.50. The van der Waals surface area contributed by atoms with Gasteiger partial charge in [-0.2, -0.15) is 0 Å². The summed E-state index contributed by atoms with van der Waals surface area (Å²) in [5, 5.41) is 0. The maximum Gasteiger partial charge on any atom is 0.269 e. The van der Waals surface area contributed by atoms with Crippen LogP contribution >= 0.6 is 0 Å². The molecule has 3 aromatic rings. The highest BCUT2D eigenvalue weighted by Gasteiger charge is 2.10. The lowest BCUT2D eigenvalue weighted by Crippen LogP contribution is -2.40. The van der Waals surface area contributed by atoms with Gasteiger partial charge in [0.15, 0.2) is 21.4 Å². The molecule has 2 N–H and O–H groups in total. The van der Waals surface area contributed by atoms with E-state index in [0.717, 1.165) is 12.3 Å². The Morgan fingerprint density at radius 2 is 1.81 bits per heavy atom. The Labute approximate surface area is 183 Å². The zero-order valence-electron chi connectivity index (χ0n) is 16.8. The maximum absolute atomic E-state index is 14.2. The normalized spacial score (nSPS) is 11.2. The number of halogens is 1. The summed E-state index contributed by atoms with van der Waals surface area (Å²) >= 11 is 0. The van der Waals surface area contributed by atoms with Crippen LogP contribution in [0.15, 0.2) is 78.0 Å². The van der Waals surface area contributed by atoms with Gasteiger partial charge in [-0.3, -0.25) is 25.4 Å². The number of carbonyl (C=O) groups is 2. The first-order valence-electron chi connectivity index (χ1n) is 9.18. The van der Waals surface area contributed by atoms with Crippen molar-refractivity contribution in [3.63, 3.8) is 0 Å². The number of hydrogen-bond acceptors (Lipinski definition) is 6. The number of sulfone groups is 1. The van der Waals surface area contributed by atoms with Crippen LogP contribution in [0.25, 0.3) is 6.08 Å². The van der Waals surface area contributed by atoms with Crippen molar-refractivity contribution < 1.29 is 27.1 Å². The molecule has 2 amide bonds. The Hall–Kier alpha value is -4.05. The number of ether oxygens (including phenoxy) is 1. The Bertz CT molecular complexity index is 1260. The summed E-state index contributed by atoms with van der Waals surface area (Å²) in [6, 6.07) is 12.7. The number of rotatable bonds is 6. The molecule has 10 heteroatoms. The third-order valence-corrected chi connectivity index (χ3v) is 5.22. The molecule has 0 atom stereocenters. The lowest BCUT2D eigenvalue weighted by molar-refractivity contribution is -0.117. The van der Waals surface area contributed by atoms with Crippen molar-refractivity contribution in [3.05, 3.63) is 90.0 Å². The molecule has 164 valence electrons. The average molecular weight is 455 g/mol. The van der Waals surface area contributed by atoms with Crippen molar-refractivity contribution in [2.75, 3.05) is 6.26 Å². The topological polar surface area (TPSA) is 114 Å². The molecule has 0 fully saturated rings. The van der Waals surface area contributed by atoms with Crippen LogP contribution in [0.1, 0.15) is 15.9 Å². The second-order valence-corrected chi connectivity index (χ2v) is 8.57. The van der Waals surface area contributed by atoms with Crippen molar-refractivity contribution in [1.82, 2.24) is 15.8 Å². The minimum atomic E-state index is -3.37. The predicted octanol–water partition coefficient (Wildman–Crippen LogP) is 2.89. The molecule has 0 unspecified atom stereocenters. The number of pyridine rings is 1. The largest absolute Gasteiger partial charge is 0.453 e. The van der Waals surface area contributed by atoms with Gasteiger partial charge < -0.3 is 4.74 Å². The number of benzene rings is 2. The molecule has 0 saturated heterocycles. The second-order valence-electron chi connectivity index (χ2n) is 6.55. The van der Waals surface area contributed by atoms with E-state index in [2.05, 4.69) is 15.8 Å². The molecular formula is C22H18FN3O5S. The van der Waals surface area contributed by atoms with Gasteiger partial charge in [0.2, 0.25) is 0 Å². The van der Waals surface area contributed by atoms with E-state index >= 15 is 0 Å². The van der Waals surface area contributed by atoms with Gasteiger partial charge in [-0.1, -0.05) is 6.07 Å². The Balaban J connectivity index is 1.55. The van der Waals surface area contributed by atoms with Gasteiger partial charge in [0.25, 0.3) is 11.8 Å². The molecule has 0 bridgehead atoms. The molecule has 3 rings (SSSR count). The standard InChI is InChI=1S/C22H18FN3O5S/c1-32(29,30)18-8-6-16(7-9-18)22(28)26-25-21(27)11-5-15-4-10-20(19(23)13-15)31-17-3-2-12-24-14-17/h2-14H,1H3,(H,25,27)(H,26,28)/b11-5+. The zero-order valence-corrected chi connectivity index (χ0v) is 17.6. The average Bonchev–Trinajstić information content (AvgIpc) is 2.78. The summed E-state index contributed by atoms with van der Waals surface area (Å²) in [6.07, 6.45) is 6.55. The fraction of sp³-hybridized carbons (Fsp3) is 0.0455. The molecule has 0 spiro atoms. The molecule has 0 aliphatic rings. The molecule has 8 nitrogen and oxygen atoms in total. The maximum atomic E-state index is 14.2. The minimum Gasteiger partial charge on any atom is -0.453 e. The summed E-state index contributed by atoms with van der Waals surface area (Å²) in [6.45, 7) is 0. The molecule has 0 saturated carbocycles. The lowest BCUT2D eigenvalue weighted by Gasteiger charge is -2.07. The molecule has 1 aromatic heterocycles. The molecule has 0 aliphatic carbocycles. The first kappa shape index (κ1) is 22.6. The summed E-state index contributed by atoms with van der Waals surface area (Å²) in [7, 11) is -3.37. The minimum absolute atomic E-state index is 0.00811. The van der Waals surface area contributed by atoms with Crippen molar-refractivity contribution in [2.45, 2.75) is 4.90 Å². The van der Waals surface area contributed by atoms with Gasteiger partial charge >= 0.3 is 0 Å². The Morgan fingerprint density at radius 3 is 2.44 bits per heavy atom. The van der Waals surface area contributed by atoms with Crippen molar-refractivity contribution in [3.8, 4) is 11.5 Å². The third kappa shape index (κ3) is 6.22. The molecule has 2 aromatic carbocycles. The van der Waals surface area contributed by atoms with Crippen molar-refractivity contribution in [1.29, 1.82) is 0 Å². The highest BCUT2D eigenvalue weighted by atomic mass is 32.2. The van der Waals surface area contributed by atoms with Gasteiger partial charge in [-0.25, -0.2) is 12.8 Å². The highest BCUT2D eigenvalue weighted by Crippen LogP contribution is 2.24. The third-order valence-electron chi connectivity index (χ3n) is 4.09. The van der Waals surface area contributed by atoms with Gasteiger partial charge in [-0.05, 0) is 60.2 Å². The smallest absolute Gasteiger partial charge is 0.269 e. The van der Waals surface area contributed by atoms with Crippen LogP contribution in [-0.4, -0.2) is 31.5 Å². The molecule has 32 heavy (non-hydrogen) atoms. The van der Waals surface area contributed by atoms with Crippen LogP contribution < -0.4 is 15.6 Å². The van der Waals surface area contributed by atoms with E-state index in [4.69, 9.17) is 4.74 Å². The van der Waals surface area contributed by atoms with E-state index in [0.29, 0.717) is 11.3 Å². The van der Waals surface area contributed by atoms with Crippen LogP contribution in [0, 0.1) is 5.82 Å². The molecular weight excluding hydrogens is 437 g/mol. The number of aromatic nitrogens is 1. The van der Waals surface area contributed by atoms with Crippen LogP contribution in [-0.2, 0) is 14.6 Å². The first-order chi connectivity index (χ1) is 15.2. The van der Waals surface area contributed by atoms with Crippen molar-refractivity contribution in [2.24, 2.45) is 0 Å². The Morgan fingerprint density at radius 1 is 1.06 bits per heavy atom. The highest BCUT2D eigenvalue weighted by molar-refractivity contribution is 7.90. The monoisotopic (exact) mass is 455 g/mol. The molecule has 0 aliphatic heterocycles. The van der Waals surface area contributed by atoms with Gasteiger partial charge in [-0.15, -0.1) is 0 Å². The van der Waals surface area contributed by atoms with Crippen LogP contribution in [0.3, 0.4) is 0 Å². The second kappa shape index (κ2) is 9.84. The van der Waals surface area contributed by atoms with E-state index < -0.39 is 27.5 Å². The van der Waals surface area contributed by atoms with Gasteiger partial charge in [0.1, 0.15) is 5.75 Å². The summed E-state index contributed by atoms with van der Waals surface area (Å²) in [5.41, 5.74) is 4.95. The van der Waals surface area contributed by atoms with Gasteiger partial charge in [0, 0.05) is 24.1 Å². The van der Waals surface area contributed by atoms with Crippen molar-refractivity contribution >= 4 is 27.7 Å². The first-order valence-corrected chi connectivity index (χ1v) is 11.1. The summed E-state index contributed by atoms with van der Waals surface area (Å²) < 4.78 is 42.5. The van der Waals surface area contributed by atoms with E-state index in [-0.39, 0.29) is 16.2 Å². The Kier molecular flexibility index (Phi) is 6.96. The number of nitrogens with one attached hydrogen (secondary N) is 2. The van der Waals surface area contributed by atoms with E-state index in [9.17, 15) is 22.4 Å². The summed E-state index contributed by atoms with van der Waals surface area (Å²) in [5.74, 6) is -1.51. The number of amides is 2.